The van der Waals surface area contributed by atoms with E-state index in [9.17, 15) is 18.3 Å². The Hall–Kier alpha value is -1.34. The second kappa shape index (κ2) is 6.62. The van der Waals surface area contributed by atoms with Crippen LogP contribution >= 0.6 is 0 Å². The van der Waals surface area contributed by atoms with E-state index in [4.69, 9.17) is 0 Å². The Morgan fingerprint density at radius 1 is 1.33 bits per heavy atom. The average Bonchev–Trinajstić information content (AvgIpc) is 2.81. The van der Waals surface area contributed by atoms with E-state index in [1.807, 2.05) is 34.6 Å². The Kier molecular flexibility index (Phi) is 5.58. The standard InChI is InChI=1S/C14H24N2O4S/c1-6-7-16(11(4)5)21(19,20)12-8-13(14(17)18)15(9-12)10(2)3/h8-11H,6-7H2,1-5H3,(H,17,18). The molecule has 0 aromatic carbocycles. The van der Waals surface area contributed by atoms with E-state index >= 15 is 0 Å². The largest absolute Gasteiger partial charge is 0.477 e. The van der Waals surface area contributed by atoms with Gasteiger partial charge in [0.15, 0.2) is 0 Å². The summed E-state index contributed by atoms with van der Waals surface area (Å²) < 4.78 is 28.3. The number of nitrogens with zero attached hydrogens (tertiary/aromatic N) is 2. The van der Waals surface area contributed by atoms with Crippen molar-refractivity contribution in [2.75, 3.05) is 6.54 Å². The first-order chi connectivity index (χ1) is 9.62. The molecule has 0 saturated carbocycles. The number of aromatic carboxylic acids is 1. The van der Waals surface area contributed by atoms with Crippen LogP contribution in [0.4, 0.5) is 0 Å². The molecule has 1 heterocycles. The van der Waals surface area contributed by atoms with Crippen LogP contribution in [0.2, 0.25) is 0 Å². The molecule has 1 aromatic rings. The Balaban J connectivity index is 3.38. The molecular weight excluding hydrogens is 292 g/mol. The van der Waals surface area contributed by atoms with Gasteiger partial charge in [-0.25, -0.2) is 13.2 Å². The summed E-state index contributed by atoms with van der Waals surface area (Å²) in [7, 11) is -3.68. The van der Waals surface area contributed by atoms with Gasteiger partial charge < -0.3 is 9.67 Å². The predicted octanol–water partition coefficient (Wildman–Crippen LogP) is 2.58. The molecule has 0 fully saturated rings. The van der Waals surface area contributed by atoms with Crippen molar-refractivity contribution in [3.8, 4) is 0 Å². The van der Waals surface area contributed by atoms with Gasteiger partial charge in [-0.2, -0.15) is 4.31 Å². The van der Waals surface area contributed by atoms with Crippen molar-refractivity contribution in [2.45, 2.75) is 58.0 Å². The predicted molar refractivity (Wildman–Crippen MR) is 81.1 cm³/mol. The molecule has 120 valence electrons. The van der Waals surface area contributed by atoms with Gasteiger partial charge in [0.1, 0.15) is 10.6 Å². The third-order valence-electron chi connectivity index (χ3n) is 3.23. The Morgan fingerprint density at radius 3 is 2.24 bits per heavy atom. The maximum Gasteiger partial charge on any atom is 0.352 e. The average molecular weight is 316 g/mol. The van der Waals surface area contributed by atoms with E-state index < -0.39 is 16.0 Å². The van der Waals surface area contributed by atoms with Crippen LogP contribution in [0.3, 0.4) is 0 Å². The van der Waals surface area contributed by atoms with Crippen molar-refractivity contribution < 1.29 is 18.3 Å². The lowest BCUT2D eigenvalue weighted by atomic mass is 10.3. The van der Waals surface area contributed by atoms with Crippen LogP contribution in [-0.4, -0.2) is 41.0 Å². The van der Waals surface area contributed by atoms with Crippen LogP contribution in [0.1, 0.15) is 57.6 Å². The summed E-state index contributed by atoms with van der Waals surface area (Å²) in [5.41, 5.74) is -0.0104. The molecule has 0 amide bonds. The fourth-order valence-electron chi connectivity index (χ4n) is 2.21. The normalized spacial score (nSPS) is 12.6. The van der Waals surface area contributed by atoms with E-state index in [0.717, 1.165) is 0 Å². The fraction of sp³-hybridized carbons (Fsp3) is 0.643. The first-order valence-electron chi connectivity index (χ1n) is 7.09. The van der Waals surface area contributed by atoms with E-state index in [2.05, 4.69) is 0 Å². The van der Waals surface area contributed by atoms with Crippen LogP contribution in [0.5, 0.6) is 0 Å². The molecule has 0 bridgehead atoms. The minimum Gasteiger partial charge on any atom is -0.477 e. The first-order valence-corrected chi connectivity index (χ1v) is 8.53. The van der Waals surface area contributed by atoms with Crippen LogP contribution in [0.15, 0.2) is 17.2 Å². The quantitative estimate of drug-likeness (QED) is 0.838. The number of sulfonamides is 1. The van der Waals surface area contributed by atoms with Gasteiger partial charge in [0.25, 0.3) is 0 Å². The summed E-state index contributed by atoms with van der Waals surface area (Å²) in [6.45, 7) is 9.57. The Morgan fingerprint density at radius 2 is 1.90 bits per heavy atom. The summed E-state index contributed by atoms with van der Waals surface area (Å²) in [6, 6.07) is 0.937. The first kappa shape index (κ1) is 17.7. The van der Waals surface area contributed by atoms with Crippen molar-refractivity contribution in [3.63, 3.8) is 0 Å². The lowest BCUT2D eigenvalue weighted by molar-refractivity contribution is 0.0683. The van der Waals surface area contributed by atoms with Crippen molar-refractivity contribution in [3.05, 3.63) is 18.0 Å². The molecule has 0 unspecified atom stereocenters. The Labute approximate surface area is 126 Å². The number of hydrogen-bond acceptors (Lipinski definition) is 3. The molecule has 0 aliphatic carbocycles. The third-order valence-corrected chi connectivity index (χ3v) is 5.27. The molecule has 0 spiro atoms. The smallest absolute Gasteiger partial charge is 0.352 e. The molecule has 21 heavy (non-hydrogen) atoms. The lowest BCUT2D eigenvalue weighted by Crippen LogP contribution is -2.37. The molecule has 7 heteroatoms. The second-order valence-corrected chi connectivity index (χ2v) is 7.47. The number of rotatable bonds is 7. The molecule has 1 rings (SSSR count). The zero-order chi connectivity index (χ0) is 16.4. The number of carboxylic acid groups (broad SMARTS) is 1. The maximum absolute atomic E-state index is 12.7. The summed E-state index contributed by atoms with van der Waals surface area (Å²) in [6.07, 6.45) is 2.11. The van der Waals surface area contributed by atoms with Crippen LogP contribution < -0.4 is 0 Å². The van der Waals surface area contributed by atoms with Gasteiger partial charge in [0.05, 0.1) is 0 Å². The molecular formula is C14H24N2O4S. The monoisotopic (exact) mass is 316 g/mol. The number of carbonyl (C=O) groups is 1. The van der Waals surface area contributed by atoms with Crippen molar-refractivity contribution in [1.82, 2.24) is 8.87 Å². The lowest BCUT2D eigenvalue weighted by Gasteiger charge is -2.24. The highest BCUT2D eigenvalue weighted by Crippen LogP contribution is 2.23. The van der Waals surface area contributed by atoms with Gasteiger partial charge >= 0.3 is 5.97 Å². The summed E-state index contributed by atoms with van der Waals surface area (Å²) in [5, 5.41) is 9.22. The highest BCUT2D eigenvalue weighted by molar-refractivity contribution is 7.89. The van der Waals surface area contributed by atoms with Gasteiger partial charge in [-0.1, -0.05) is 6.92 Å². The van der Waals surface area contributed by atoms with Crippen molar-refractivity contribution in [1.29, 1.82) is 0 Å². The van der Waals surface area contributed by atoms with Crippen LogP contribution in [0, 0.1) is 0 Å². The molecule has 0 radical (unpaired) electrons. The minimum absolute atomic E-state index is 0.0104. The zero-order valence-corrected chi connectivity index (χ0v) is 14.0. The SMILES string of the molecule is CCCN(C(C)C)S(=O)(=O)c1cc(C(=O)O)n(C(C)C)c1. The van der Waals surface area contributed by atoms with Gasteiger partial charge in [-0.05, 0) is 40.2 Å². The number of carboxylic acids is 1. The summed E-state index contributed by atoms with van der Waals surface area (Å²) in [5.74, 6) is -1.13. The highest BCUT2D eigenvalue weighted by atomic mass is 32.2. The molecule has 0 saturated heterocycles. The topological polar surface area (TPSA) is 79.6 Å². The fourth-order valence-corrected chi connectivity index (χ4v) is 3.96. The molecule has 0 aliphatic rings. The van der Waals surface area contributed by atoms with E-state index in [0.29, 0.717) is 13.0 Å². The molecule has 1 N–H and O–H groups in total. The van der Waals surface area contributed by atoms with E-state index in [1.54, 1.807) is 0 Å². The highest BCUT2D eigenvalue weighted by Gasteiger charge is 2.29. The van der Waals surface area contributed by atoms with Crippen LogP contribution in [0.25, 0.3) is 0 Å². The second-order valence-electron chi connectivity index (χ2n) is 5.58. The maximum atomic E-state index is 12.7. The minimum atomic E-state index is -3.68. The summed E-state index contributed by atoms with van der Waals surface area (Å²) in [4.78, 5) is 11.3. The van der Waals surface area contributed by atoms with Crippen LogP contribution in [-0.2, 0) is 10.0 Å². The van der Waals surface area contributed by atoms with Crippen molar-refractivity contribution >= 4 is 16.0 Å². The van der Waals surface area contributed by atoms with Gasteiger partial charge in [0.2, 0.25) is 10.0 Å². The number of hydrogen-bond donors (Lipinski definition) is 1. The van der Waals surface area contributed by atoms with Gasteiger partial charge in [0, 0.05) is 24.8 Å². The summed E-state index contributed by atoms with van der Waals surface area (Å²) >= 11 is 0. The van der Waals surface area contributed by atoms with Gasteiger partial charge in [-0.3, -0.25) is 0 Å². The molecule has 0 atom stereocenters. The van der Waals surface area contributed by atoms with E-state index in [1.165, 1.54) is 21.1 Å². The van der Waals surface area contributed by atoms with Crippen molar-refractivity contribution in [2.24, 2.45) is 0 Å². The molecule has 0 aliphatic heterocycles. The van der Waals surface area contributed by atoms with E-state index in [-0.39, 0.29) is 22.7 Å². The zero-order valence-electron chi connectivity index (χ0n) is 13.2. The Bertz CT molecular complexity index is 602. The molecule has 1 aromatic heterocycles. The third kappa shape index (κ3) is 3.65. The number of aromatic nitrogens is 1. The van der Waals surface area contributed by atoms with Gasteiger partial charge in [-0.15, -0.1) is 0 Å². The molecule has 6 nitrogen and oxygen atoms in total.